The molecule has 2 aliphatic rings. The summed E-state index contributed by atoms with van der Waals surface area (Å²) < 4.78 is 11.4. The molecule has 0 spiro atoms. The lowest BCUT2D eigenvalue weighted by molar-refractivity contribution is -0.210. The Labute approximate surface area is 154 Å². The van der Waals surface area contributed by atoms with Gasteiger partial charge in [-0.05, 0) is 42.6 Å². The number of ether oxygens (including phenoxy) is 2. The van der Waals surface area contributed by atoms with Crippen LogP contribution in [0, 0.1) is 0 Å². The maximum Gasteiger partial charge on any atom is 0.311 e. The highest BCUT2D eigenvalue weighted by atomic mass is 16.6. The molecule has 2 atom stereocenters. The van der Waals surface area contributed by atoms with E-state index >= 15 is 0 Å². The number of carbonyl (C=O) groups is 1. The number of methoxy groups -OCH3 is 1. The number of fused-ring (bicyclic) bond motifs is 1. The normalized spacial score (nSPS) is 25.0. The molecule has 26 heavy (non-hydrogen) atoms. The maximum absolute atomic E-state index is 12.8. The van der Waals surface area contributed by atoms with Crippen molar-refractivity contribution in [1.29, 1.82) is 0 Å². The van der Waals surface area contributed by atoms with Crippen LogP contribution < -0.4 is 4.74 Å². The standard InChI is InChI=1S/C22H25NO3/c1-25-19-12-10-17(11-13-19)15-21(24)26-22(18-7-3-2-4-8-18)16-23-14-6-5-9-20(22)23/h2-4,7-8,10-13,20H,5-6,9,14-16H2,1H3. The first-order chi connectivity index (χ1) is 12.7. The number of rotatable bonds is 5. The largest absolute Gasteiger partial charge is 0.497 e. The summed E-state index contributed by atoms with van der Waals surface area (Å²) in [6.45, 7) is 1.91. The monoisotopic (exact) mass is 351 g/mol. The van der Waals surface area contributed by atoms with Crippen LogP contribution in [0.4, 0.5) is 0 Å². The van der Waals surface area contributed by atoms with Gasteiger partial charge < -0.3 is 9.47 Å². The molecule has 4 rings (SSSR count). The van der Waals surface area contributed by atoms with E-state index in [0.717, 1.165) is 36.4 Å². The van der Waals surface area contributed by atoms with Crippen LogP contribution in [0.2, 0.25) is 0 Å². The van der Waals surface area contributed by atoms with Gasteiger partial charge in [-0.25, -0.2) is 0 Å². The predicted molar refractivity (Wildman–Crippen MR) is 100 cm³/mol. The van der Waals surface area contributed by atoms with Gasteiger partial charge in [0, 0.05) is 6.54 Å². The summed E-state index contributed by atoms with van der Waals surface area (Å²) in [5.74, 6) is 0.629. The minimum atomic E-state index is -0.495. The van der Waals surface area contributed by atoms with Crippen LogP contribution in [0.25, 0.3) is 0 Å². The molecule has 0 saturated carbocycles. The van der Waals surface area contributed by atoms with Crippen LogP contribution in [0.5, 0.6) is 5.75 Å². The SMILES string of the molecule is COc1ccc(CC(=O)OC2(c3ccccc3)CN3CCCCC32)cc1. The molecule has 2 aliphatic heterocycles. The predicted octanol–water partition coefficient (Wildman–Crippen LogP) is 3.54. The number of esters is 1. The molecule has 0 amide bonds. The Hall–Kier alpha value is -2.33. The molecule has 0 N–H and O–H groups in total. The summed E-state index contributed by atoms with van der Waals surface area (Å²) in [7, 11) is 1.64. The lowest BCUT2D eigenvalue weighted by Gasteiger charge is -2.58. The second-order valence-corrected chi connectivity index (χ2v) is 7.24. The molecule has 4 heteroatoms. The smallest absolute Gasteiger partial charge is 0.311 e. The van der Waals surface area contributed by atoms with Crippen molar-refractivity contribution in [1.82, 2.24) is 4.90 Å². The molecule has 2 saturated heterocycles. The molecule has 2 fully saturated rings. The third kappa shape index (κ3) is 3.10. The van der Waals surface area contributed by atoms with Crippen LogP contribution in [-0.4, -0.2) is 37.1 Å². The van der Waals surface area contributed by atoms with Gasteiger partial charge in [0.2, 0.25) is 0 Å². The third-order valence-corrected chi connectivity index (χ3v) is 5.66. The highest BCUT2D eigenvalue weighted by Crippen LogP contribution is 2.46. The second kappa shape index (κ2) is 7.12. The number of carbonyl (C=O) groups excluding carboxylic acids is 1. The molecule has 2 aromatic carbocycles. The zero-order chi connectivity index (χ0) is 18.0. The fraction of sp³-hybridized carbons (Fsp3) is 0.409. The molecule has 0 aliphatic carbocycles. The first-order valence-corrected chi connectivity index (χ1v) is 9.36. The van der Waals surface area contributed by atoms with E-state index in [1.807, 2.05) is 42.5 Å². The first-order valence-electron chi connectivity index (χ1n) is 9.36. The van der Waals surface area contributed by atoms with Crippen molar-refractivity contribution >= 4 is 5.97 Å². The Morgan fingerprint density at radius 2 is 1.88 bits per heavy atom. The quantitative estimate of drug-likeness (QED) is 0.773. The third-order valence-electron chi connectivity index (χ3n) is 5.66. The number of nitrogens with zero attached hydrogens (tertiary/aromatic N) is 1. The maximum atomic E-state index is 12.8. The molecular weight excluding hydrogens is 326 g/mol. The summed E-state index contributed by atoms with van der Waals surface area (Å²) >= 11 is 0. The van der Waals surface area contributed by atoms with Crippen molar-refractivity contribution in [3.8, 4) is 5.75 Å². The van der Waals surface area contributed by atoms with Crippen LogP contribution in [0.1, 0.15) is 30.4 Å². The summed E-state index contributed by atoms with van der Waals surface area (Å²) in [5.41, 5.74) is 1.57. The number of benzene rings is 2. The van der Waals surface area contributed by atoms with E-state index in [0.29, 0.717) is 6.04 Å². The van der Waals surface area contributed by atoms with E-state index < -0.39 is 5.60 Å². The van der Waals surface area contributed by atoms with Crippen LogP contribution in [0.3, 0.4) is 0 Å². The molecule has 0 bridgehead atoms. The Balaban J connectivity index is 1.52. The molecule has 2 heterocycles. The fourth-order valence-electron chi connectivity index (χ4n) is 4.32. The van der Waals surface area contributed by atoms with Gasteiger partial charge in [0.05, 0.1) is 19.6 Å². The molecule has 136 valence electrons. The van der Waals surface area contributed by atoms with Gasteiger partial charge in [-0.1, -0.05) is 48.9 Å². The van der Waals surface area contributed by atoms with Gasteiger partial charge in [0.25, 0.3) is 0 Å². The van der Waals surface area contributed by atoms with Crippen LogP contribution in [-0.2, 0) is 21.6 Å². The molecular formula is C22H25NO3. The van der Waals surface area contributed by atoms with E-state index in [1.54, 1.807) is 7.11 Å². The Morgan fingerprint density at radius 3 is 2.58 bits per heavy atom. The van der Waals surface area contributed by atoms with Crippen molar-refractivity contribution < 1.29 is 14.3 Å². The molecule has 0 aromatic heterocycles. The number of hydrogen-bond acceptors (Lipinski definition) is 4. The van der Waals surface area contributed by atoms with E-state index in [2.05, 4.69) is 17.0 Å². The molecule has 2 aromatic rings. The number of piperidine rings is 1. The summed E-state index contributed by atoms with van der Waals surface area (Å²) in [6, 6.07) is 18.1. The van der Waals surface area contributed by atoms with Gasteiger partial charge in [-0.2, -0.15) is 0 Å². The first kappa shape index (κ1) is 17.1. The second-order valence-electron chi connectivity index (χ2n) is 7.24. The zero-order valence-electron chi connectivity index (χ0n) is 15.2. The van der Waals surface area contributed by atoms with Crippen molar-refractivity contribution in [3.63, 3.8) is 0 Å². The Bertz CT molecular complexity index is 759. The molecule has 2 unspecified atom stereocenters. The highest BCUT2D eigenvalue weighted by Gasteiger charge is 2.57. The molecule has 0 radical (unpaired) electrons. The van der Waals surface area contributed by atoms with Gasteiger partial charge in [-0.3, -0.25) is 9.69 Å². The van der Waals surface area contributed by atoms with E-state index in [4.69, 9.17) is 9.47 Å². The lowest BCUT2D eigenvalue weighted by Crippen LogP contribution is -2.70. The minimum absolute atomic E-state index is 0.163. The Morgan fingerprint density at radius 1 is 1.12 bits per heavy atom. The van der Waals surface area contributed by atoms with E-state index in [1.165, 1.54) is 12.8 Å². The minimum Gasteiger partial charge on any atom is -0.497 e. The van der Waals surface area contributed by atoms with Gasteiger partial charge in [0.1, 0.15) is 5.75 Å². The average molecular weight is 351 g/mol. The lowest BCUT2D eigenvalue weighted by atomic mass is 9.73. The van der Waals surface area contributed by atoms with Crippen molar-refractivity contribution in [2.75, 3.05) is 20.2 Å². The topological polar surface area (TPSA) is 38.8 Å². The average Bonchev–Trinajstić information content (AvgIpc) is 2.67. The molecule has 4 nitrogen and oxygen atoms in total. The number of hydrogen-bond donors (Lipinski definition) is 0. The summed E-state index contributed by atoms with van der Waals surface area (Å²) in [4.78, 5) is 15.2. The van der Waals surface area contributed by atoms with Gasteiger partial charge in [0.15, 0.2) is 5.60 Å². The van der Waals surface area contributed by atoms with Crippen molar-refractivity contribution in [2.45, 2.75) is 37.3 Å². The van der Waals surface area contributed by atoms with E-state index in [-0.39, 0.29) is 12.4 Å². The Kier molecular flexibility index (Phi) is 4.68. The fourth-order valence-corrected chi connectivity index (χ4v) is 4.32. The highest BCUT2D eigenvalue weighted by molar-refractivity contribution is 5.73. The van der Waals surface area contributed by atoms with Gasteiger partial charge >= 0.3 is 5.97 Å². The van der Waals surface area contributed by atoms with Crippen LogP contribution >= 0.6 is 0 Å². The van der Waals surface area contributed by atoms with Crippen LogP contribution in [0.15, 0.2) is 54.6 Å². The van der Waals surface area contributed by atoms with Crippen molar-refractivity contribution in [3.05, 3.63) is 65.7 Å². The van der Waals surface area contributed by atoms with Gasteiger partial charge in [-0.15, -0.1) is 0 Å². The van der Waals surface area contributed by atoms with E-state index in [9.17, 15) is 4.79 Å². The van der Waals surface area contributed by atoms with Crippen molar-refractivity contribution in [2.24, 2.45) is 0 Å². The zero-order valence-corrected chi connectivity index (χ0v) is 15.2. The summed E-state index contributed by atoms with van der Waals surface area (Å²) in [6.07, 6.45) is 3.81. The summed E-state index contributed by atoms with van der Waals surface area (Å²) in [5, 5.41) is 0.